The van der Waals surface area contributed by atoms with Gasteiger partial charge in [0.2, 0.25) is 0 Å². The van der Waals surface area contributed by atoms with E-state index in [0.717, 1.165) is 5.57 Å². The molecule has 2 aromatic carbocycles. The topological polar surface area (TPSA) is 98.3 Å². The molecule has 3 N–H and O–H groups in total. The predicted octanol–water partition coefficient (Wildman–Crippen LogP) is 4.15. The van der Waals surface area contributed by atoms with E-state index in [2.05, 4.69) is 10.6 Å². The molecule has 3 aliphatic rings. The number of hydrogen-bond acceptors (Lipinski definition) is 7. The molecule has 9 heteroatoms. The highest BCUT2D eigenvalue weighted by atomic mass is 19.1. The lowest BCUT2D eigenvalue weighted by Gasteiger charge is -2.45. The van der Waals surface area contributed by atoms with Crippen molar-refractivity contribution in [3.05, 3.63) is 58.9 Å². The number of rotatable bonds is 2. The highest BCUT2D eigenvalue weighted by molar-refractivity contribution is 5.71. The standard InChI is InChI=1S/C26H29FN2O6/c1-25(2,3)35-24(31)29-22-13-28-14-26(34-22)18-12-17(30)4-5-21(18)33-23-19(26)10-16(11-20(23)27)15-6-8-32-9-7-15/h4-6,10-12,22,28,30H,7-9,13-14H2,1-3H3,(H,29,31)/t22-,26?/m0/s1. The maximum atomic E-state index is 15.5. The molecular weight excluding hydrogens is 455 g/mol. The van der Waals surface area contributed by atoms with Crippen LogP contribution in [0.25, 0.3) is 5.57 Å². The minimum Gasteiger partial charge on any atom is -0.508 e. The summed E-state index contributed by atoms with van der Waals surface area (Å²) in [5, 5.41) is 16.3. The van der Waals surface area contributed by atoms with Crippen LogP contribution in [0, 0.1) is 5.82 Å². The van der Waals surface area contributed by atoms with Gasteiger partial charge in [0.05, 0.1) is 13.2 Å². The van der Waals surface area contributed by atoms with Gasteiger partial charge in [-0.1, -0.05) is 6.08 Å². The van der Waals surface area contributed by atoms with Crippen LogP contribution in [0.1, 0.15) is 43.9 Å². The van der Waals surface area contributed by atoms with Crippen molar-refractivity contribution in [2.24, 2.45) is 0 Å². The van der Waals surface area contributed by atoms with Crippen LogP contribution in [0.3, 0.4) is 0 Å². The Morgan fingerprint density at radius 2 is 2.09 bits per heavy atom. The Kier molecular flexibility index (Phi) is 5.94. The molecule has 3 heterocycles. The van der Waals surface area contributed by atoms with Gasteiger partial charge in [-0.2, -0.15) is 0 Å². The number of ether oxygens (including phenoxy) is 4. The van der Waals surface area contributed by atoms with Crippen molar-refractivity contribution in [2.45, 2.75) is 44.6 Å². The summed E-state index contributed by atoms with van der Waals surface area (Å²) in [5.74, 6) is -0.0788. The quantitative estimate of drug-likeness (QED) is 0.589. The van der Waals surface area contributed by atoms with Gasteiger partial charge in [0, 0.05) is 24.2 Å². The van der Waals surface area contributed by atoms with Crippen LogP contribution in [0.5, 0.6) is 17.2 Å². The van der Waals surface area contributed by atoms with E-state index < -0.39 is 29.3 Å². The number of alkyl carbamates (subject to hydrolysis) is 1. The summed E-state index contributed by atoms with van der Waals surface area (Å²) in [6.07, 6.45) is 1.18. The van der Waals surface area contributed by atoms with Crippen LogP contribution in [-0.2, 0) is 19.8 Å². The molecule has 0 aliphatic carbocycles. The van der Waals surface area contributed by atoms with E-state index in [4.69, 9.17) is 18.9 Å². The van der Waals surface area contributed by atoms with Crippen LogP contribution in [0.2, 0.25) is 0 Å². The van der Waals surface area contributed by atoms with Gasteiger partial charge in [-0.3, -0.25) is 5.32 Å². The first-order valence-electron chi connectivity index (χ1n) is 11.7. The van der Waals surface area contributed by atoms with Gasteiger partial charge >= 0.3 is 6.09 Å². The third kappa shape index (κ3) is 4.59. The second-order valence-electron chi connectivity index (χ2n) is 9.88. The largest absolute Gasteiger partial charge is 0.508 e. The molecule has 1 unspecified atom stereocenters. The Labute approximate surface area is 203 Å². The van der Waals surface area contributed by atoms with Gasteiger partial charge in [0.1, 0.15) is 28.9 Å². The lowest BCUT2D eigenvalue weighted by atomic mass is 9.80. The molecule has 1 fully saturated rings. The van der Waals surface area contributed by atoms with E-state index in [1.54, 1.807) is 32.9 Å². The number of phenols is 1. The summed E-state index contributed by atoms with van der Waals surface area (Å²) < 4.78 is 38.8. The summed E-state index contributed by atoms with van der Waals surface area (Å²) in [7, 11) is 0. The van der Waals surface area contributed by atoms with Crippen LogP contribution in [0.4, 0.5) is 9.18 Å². The highest BCUT2D eigenvalue weighted by Crippen LogP contribution is 2.52. The molecule has 1 amide bonds. The second-order valence-corrected chi connectivity index (χ2v) is 9.88. The molecule has 0 radical (unpaired) electrons. The SMILES string of the molecule is CC(C)(C)OC(=O)N[C@@H]1CNCC2(O1)c1cc(O)ccc1Oc1c(F)cc(C3=CCOCC3)cc12. The first-order chi connectivity index (χ1) is 16.6. The smallest absolute Gasteiger partial charge is 0.409 e. The Morgan fingerprint density at radius 3 is 2.83 bits per heavy atom. The lowest BCUT2D eigenvalue weighted by molar-refractivity contribution is -0.112. The molecule has 0 bridgehead atoms. The van der Waals surface area contributed by atoms with Crippen molar-refractivity contribution >= 4 is 11.7 Å². The van der Waals surface area contributed by atoms with Gasteiger partial charge in [0.25, 0.3) is 0 Å². The number of phenolic OH excluding ortho intramolecular Hbond substituents is 1. The Bertz CT molecular complexity index is 1190. The number of carbonyl (C=O) groups excluding carboxylic acids is 1. The Morgan fingerprint density at radius 1 is 1.26 bits per heavy atom. The van der Waals surface area contributed by atoms with E-state index in [9.17, 15) is 9.90 Å². The molecule has 2 aromatic rings. The summed E-state index contributed by atoms with van der Waals surface area (Å²) in [6, 6.07) is 7.93. The van der Waals surface area contributed by atoms with Crippen LogP contribution >= 0.6 is 0 Å². The minimum atomic E-state index is -1.23. The van der Waals surface area contributed by atoms with Crippen molar-refractivity contribution in [1.82, 2.24) is 10.6 Å². The van der Waals surface area contributed by atoms with Gasteiger partial charge < -0.3 is 29.4 Å². The molecule has 0 aromatic heterocycles. The molecule has 5 rings (SSSR count). The fraction of sp³-hybridized carbons (Fsp3) is 0.423. The predicted molar refractivity (Wildman–Crippen MR) is 126 cm³/mol. The number of aromatic hydroxyl groups is 1. The maximum absolute atomic E-state index is 15.5. The van der Waals surface area contributed by atoms with E-state index in [1.165, 1.54) is 12.1 Å². The molecular formula is C26H29FN2O6. The molecule has 3 aliphatic heterocycles. The number of hydrogen-bond donors (Lipinski definition) is 3. The Balaban J connectivity index is 1.59. The number of morpholine rings is 1. The zero-order valence-corrected chi connectivity index (χ0v) is 19.9. The first kappa shape index (κ1) is 23.6. The number of halogens is 1. The highest BCUT2D eigenvalue weighted by Gasteiger charge is 2.49. The van der Waals surface area contributed by atoms with Crippen molar-refractivity contribution in [3.8, 4) is 17.2 Å². The maximum Gasteiger partial charge on any atom is 0.409 e. The number of nitrogens with one attached hydrogen (secondary N) is 2. The molecule has 1 spiro atoms. The molecule has 1 saturated heterocycles. The van der Waals surface area contributed by atoms with Gasteiger partial charge in [-0.05, 0) is 68.7 Å². The summed E-state index contributed by atoms with van der Waals surface area (Å²) >= 11 is 0. The van der Waals surface area contributed by atoms with Crippen LogP contribution in [-0.4, -0.2) is 49.3 Å². The van der Waals surface area contributed by atoms with E-state index in [-0.39, 0.29) is 18.0 Å². The minimum absolute atomic E-state index is 0.0183. The van der Waals surface area contributed by atoms with Gasteiger partial charge in [0.15, 0.2) is 11.6 Å². The van der Waals surface area contributed by atoms with Gasteiger partial charge in [-0.15, -0.1) is 0 Å². The van der Waals surface area contributed by atoms with Gasteiger partial charge in [-0.25, -0.2) is 9.18 Å². The summed E-state index contributed by atoms with van der Waals surface area (Å²) in [6.45, 7) is 6.94. The fourth-order valence-electron chi connectivity index (χ4n) is 4.69. The number of fused-ring (bicyclic) bond motifs is 4. The summed E-state index contributed by atoms with van der Waals surface area (Å²) in [4.78, 5) is 12.5. The number of amides is 1. The first-order valence-corrected chi connectivity index (χ1v) is 11.7. The van der Waals surface area contributed by atoms with Crippen LogP contribution in [0.15, 0.2) is 36.4 Å². The average Bonchev–Trinajstić information content (AvgIpc) is 2.80. The number of carbonyl (C=O) groups is 1. The monoisotopic (exact) mass is 484 g/mol. The van der Waals surface area contributed by atoms with Crippen LogP contribution < -0.4 is 15.4 Å². The fourth-order valence-corrected chi connectivity index (χ4v) is 4.69. The van der Waals surface area contributed by atoms with E-state index in [0.29, 0.717) is 48.6 Å². The van der Waals surface area contributed by atoms with E-state index in [1.807, 2.05) is 12.1 Å². The lowest BCUT2D eigenvalue weighted by Crippen LogP contribution is -2.59. The van der Waals surface area contributed by atoms with Crippen molar-refractivity contribution in [2.75, 3.05) is 26.3 Å². The normalized spacial score (nSPS) is 23.5. The zero-order valence-electron chi connectivity index (χ0n) is 19.9. The molecule has 35 heavy (non-hydrogen) atoms. The zero-order chi connectivity index (χ0) is 24.8. The summed E-state index contributed by atoms with van der Waals surface area (Å²) in [5.41, 5.74) is 0.779. The second kappa shape index (κ2) is 8.82. The van der Waals surface area contributed by atoms with Crippen molar-refractivity contribution in [1.29, 1.82) is 0 Å². The molecule has 2 atom stereocenters. The molecule has 8 nitrogen and oxygen atoms in total. The average molecular weight is 485 g/mol. The Hall–Kier alpha value is -3.14. The molecule has 0 saturated carbocycles. The molecule has 186 valence electrons. The number of benzene rings is 2. The van der Waals surface area contributed by atoms with Crippen molar-refractivity contribution in [3.63, 3.8) is 0 Å². The van der Waals surface area contributed by atoms with E-state index >= 15 is 4.39 Å². The van der Waals surface area contributed by atoms with Crippen molar-refractivity contribution < 1.29 is 33.2 Å². The third-order valence-corrected chi connectivity index (χ3v) is 6.15. The third-order valence-electron chi connectivity index (χ3n) is 6.15.